The van der Waals surface area contributed by atoms with E-state index < -0.39 is 0 Å². The molecule has 1 heterocycles. The zero-order valence-electron chi connectivity index (χ0n) is 8.90. The molecule has 0 saturated heterocycles. The maximum atomic E-state index is 12.0. The standard InChI is InChI=1S/C12H13ClN2O/c1-3-7-15(8-4-2)12(16)11-9-10(13)5-6-14-11/h3-6,9H,1-2,7-8H2. The van der Waals surface area contributed by atoms with E-state index in [0.717, 1.165) is 0 Å². The highest BCUT2D eigenvalue weighted by Gasteiger charge is 2.14. The van der Waals surface area contributed by atoms with E-state index in [1.54, 1.807) is 29.2 Å². The van der Waals surface area contributed by atoms with Gasteiger partial charge in [-0.15, -0.1) is 13.2 Å². The summed E-state index contributed by atoms with van der Waals surface area (Å²) in [6.07, 6.45) is 4.83. The van der Waals surface area contributed by atoms with Crippen LogP contribution in [0.3, 0.4) is 0 Å². The molecule has 1 aromatic heterocycles. The molecule has 0 aromatic carbocycles. The number of carbonyl (C=O) groups excluding carboxylic acids is 1. The summed E-state index contributed by atoms with van der Waals surface area (Å²) >= 11 is 5.80. The van der Waals surface area contributed by atoms with Crippen molar-refractivity contribution in [3.05, 3.63) is 54.4 Å². The first-order valence-corrected chi connectivity index (χ1v) is 5.19. The molecular weight excluding hydrogens is 224 g/mol. The minimum atomic E-state index is -0.178. The second-order valence-electron chi connectivity index (χ2n) is 3.15. The number of nitrogens with zero attached hydrogens (tertiary/aromatic N) is 2. The van der Waals surface area contributed by atoms with E-state index in [1.165, 1.54) is 6.20 Å². The average Bonchev–Trinajstić information content (AvgIpc) is 2.28. The predicted octanol–water partition coefficient (Wildman–Crippen LogP) is 2.55. The molecule has 16 heavy (non-hydrogen) atoms. The molecule has 0 N–H and O–H groups in total. The highest BCUT2D eigenvalue weighted by Crippen LogP contribution is 2.10. The van der Waals surface area contributed by atoms with Crippen LogP contribution < -0.4 is 0 Å². The molecule has 0 aliphatic heterocycles. The van der Waals surface area contributed by atoms with Crippen LogP contribution in [0, 0.1) is 0 Å². The van der Waals surface area contributed by atoms with Gasteiger partial charge < -0.3 is 4.90 Å². The maximum absolute atomic E-state index is 12.0. The summed E-state index contributed by atoms with van der Waals surface area (Å²) < 4.78 is 0. The number of hydrogen-bond donors (Lipinski definition) is 0. The molecule has 4 heteroatoms. The molecule has 0 aliphatic carbocycles. The molecule has 0 fully saturated rings. The Balaban J connectivity index is 2.89. The third kappa shape index (κ3) is 3.21. The monoisotopic (exact) mass is 236 g/mol. The molecule has 1 aromatic rings. The van der Waals surface area contributed by atoms with E-state index in [-0.39, 0.29) is 5.91 Å². The van der Waals surface area contributed by atoms with Gasteiger partial charge in [-0.05, 0) is 12.1 Å². The van der Waals surface area contributed by atoms with Gasteiger partial charge in [-0.2, -0.15) is 0 Å². The molecule has 0 radical (unpaired) electrons. The van der Waals surface area contributed by atoms with E-state index in [4.69, 9.17) is 11.6 Å². The fourth-order valence-electron chi connectivity index (χ4n) is 1.24. The number of halogens is 1. The third-order valence-corrected chi connectivity index (χ3v) is 2.16. The molecule has 3 nitrogen and oxygen atoms in total. The van der Waals surface area contributed by atoms with E-state index in [0.29, 0.717) is 23.8 Å². The first-order valence-electron chi connectivity index (χ1n) is 4.81. The van der Waals surface area contributed by atoms with Crippen molar-refractivity contribution in [3.8, 4) is 0 Å². The minimum absolute atomic E-state index is 0.178. The van der Waals surface area contributed by atoms with E-state index in [2.05, 4.69) is 18.1 Å². The largest absolute Gasteiger partial charge is 0.330 e. The fourth-order valence-corrected chi connectivity index (χ4v) is 1.40. The second kappa shape index (κ2) is 6.08. The molecule has 0 spiro atoms. The van der Waals surface area contributed by atoms with Crippen LogP contribution in [-0.2, 0) is 0 Å². The van der Waals surface area contributed by atoms with Crippen molar-refractivity contribution in [3.63, 3.8) is 0 Å². The first kappa shape index (κ1) is 12.5. The Hall–Kier alpha value is -1.61. The van der Waals surface area contributed by atoms with Crippen molar-refractivity contribution in [1.82, 2.24) is 9.88 Å². The number of pyridine rings is 1. The number of aromatic nitrogens is 1. The molecule has 84 valence electrons. The first-order chi connectivity index (χ1) is 7.69. The Bertz CT molecular complexity index is 394. The smallest absolute Gasteiger partial charge is 0.273 e. The normalized spacial score (nSPS) is 9.56. The molecule has 0 saturated carbocycles. The van der Waals surface area contributed by atoms with E-state index in [1.807, 2.05) is 0 Å². The van der Waals surface area contributed by atoms with E-state index >= 15 is 0 Å². The van der Waals surface area contributed by atoms with Gasteiger partial charge in [0.1, 0.15) is 5.69 Å². The molecule has 0 aliphatic rings. The molecule has 0 atom stereocenters. The Labute approximate surface area is 100 Å². The lowest BCUT2D eigenvalue weighted by Gasteiger charge is -2.18. The van der Waals surface area contributed by atoms with Crippen LogP contribution in [0.4, 0.5) is 0 Å². The number of carbonyl (C=O) groups is 1. The Morgan fingerprint density at radius 1 is 1.44 bits per heavy atom. The van der Waals surface area contributed by atoms with Crippen molar-refractivity contribution >= 4 is 17.5 Å². The Kier molecular flexibility index (Phi) is 4.73. The summed E-state index contributed by atoms with van der Waals surface area (Å²) in [5.74, 6) is -0.178. The SMILES string of the molecule is C=CCN(CC=C)C(=O)c1cc(Cl)ccn1. The summed E-state index contributed by atoms with van der Waals surface area (Å²) in [5, 5.41) is 0.496. The maximum Gasteiger partial charge on any atom is 0.273 e. The van der Waals surface area contributed by atoms with Gasteiger partial charge in [0.15, 0.2) is 0 Å². The van der Waals surface area contributed by atoms with Gasteiger partial charge in [-0.3, -0.25) is 9.78 Å². The van der Waals surface area contributed by atoms with Crippen LogP contribution in [0.1, 0.15) is 10.5 Å². The predicted molar refractivity (Wildman–Crippen MR) is 65.5 cm³/mol. The highest BCUT2D eigenvalue weighted by atomic mass is 35.5. The lowest BCUT2D eigenvalue weighted by atomic mass is 10.3. The van der Waals surface area contributed by atoms with Crippen LogP contribution in [0.15, 0.2) is 43.6 Å². The average molecular weight is 237 g/mol. The van der Waals surface area contributed by atoms with Gasteiger partial charge in [0.25, 0.3) is 5.91 Å². The Morgan fingerprint density at radius 3 is 2.56 bits per heavy atom. The molecule has 1 rings (SSSR count). The van der Waals surface area contributed by atoms with E-state index in [9.17, 15) is 4.79 Å². The molecule has 1 amide bonds. The number of amides is 1. The number of rotatable bonds is 5. The highest BCUT2D eigenvalue weighted by molar-refractivity contribution is 6.30. The number of hydrogen-bond acceptors (Lipinski definition) is 2. The van der Waals surface area contributed by atoms with Crippen LogP contribution in [-0.4, -0.2) is 28.9 Å². The molecule has 0 unspecified atom stereocenters. The lowest BCUT2D eigenvalue weighted by molar-refractivity contribution is 0.0785. The van der Waals surface area contributed by atoms with Gasteiger partial charge in [-0.1, -0.05) is 23.8 Å². The second-order valence-corrected chi connectivity index (χ2v) is 3.58. The minimum Gasteiger partial charge on any atom is -0.330 e. The summed E-state index contributed by atoms with van der Waals surface area (Å²) in [4.78, 5) is 17.5. The van der Waals surface area contributed by atoms with Gasteiger partial charge in [-0.25, -0.2) is 0 Å². The van der Waals surface area contributed by atoms with Gasteiger partial charge >= 0.3 is 0 Å². The summed E-state index contributed by atoms with van der Waals surface area (Å²) in [6.45, 7) is 8.12. The zero-order chi connectivity index (χ0) is 12.0. The van der Waals surface area contributed by atoms with Gasteiger partial charge in [0, 0.05) is 24.3 Å². The van der Waals surface area contributed by atoms with Crippen molar-refractivity contribution < 1.29 is 4.79 Å². The van der Waals surface area contributed by atoms with Crippen LogP contribution in [0.25, 0.3) is 0 Å². The van der Waals surface area contributed by atoms with Crippen LogP contribution in [0.5, 0.6) is 0 Å². The molecular formula is C12H13ClN2O. The Morgan fingerprint density at radius 2 is 2.06 bits per heavy atom. The van der Waals surface area contributed by atoms with Crippen LogP contribution >= 0.6 is 11.6 Å². The molecule has 0 bridgehead atoms. The van der Waals surface area contributed by atoms with Crippen LogP contribution in [0.2, 0.25) is 5.02 Å². The summed E-state index contributed by atoms with van der Waals surface area (Å²) in [7, 11) is 0. The lowest BCUT2D eigenvalue weighted by Crippen LogP contribution is -2.31. The topological polar surface area (TPSA) is 33.2 Å². The zero-order valence-corrected chi connectivity index (χ0v) is 9.65. The van der Waals surface area contributed by atoms with Gasteiger partial charge in [0.05, 0.1) is 0 Å². The summed E-state index contributed by atoms with van der Waals surface area (Å²) in [5.41, 5.74) is 0.330. The van der Waals surface area contributed by atoms with Crippen molar-refractivity contribution in [2.75, 3.05) is 13.1 Å². The third-order valence-electron chi connectivity index (χ3n) is 1.93. The van der Waals surface area contributed by atoms with Crippen molar-refractivity contribution in [2.24, 2.45) is 0 Å². The van der Waals surface area contributed by atoms with Crippen molar-refractivity contribution in [2.45, 2.75) is 0 Å². The van der Waals surface area contributed by atoms with Crippen molar-refractivity contribution in [1.29, 1.82) is 0 Å². The van der Waals surface area contributed by atoms with Gasteiger partial charge in [0.2, 0.25) is 0 Å². The fraction of sp³-hybridized carbons (Fsp3) is 0.167. The quantitative estimate of drug-likeness (QED) is 0.737. The summed E-state index contributed by atoms with van der Waals surface area (Å²) in [6, 6.07) is 3.17.